The molecule has 5 nitrogen and oxygen atoms in total. The monoisotopic (exact) mass is 323 g/mol. The van der Waals surface area contributed by atoms with E-state index < -0.39 is 0 Å². The average molecular weight is 323 g/mol. The van der Waals surface area contributed by atoms with Gasteiger partial charge in [0, 0.05) is 26.1 Å². The van der Waals surface area contributed by atoms with E-state index in [1.807, 2.05) is 49.5 Å². The molecule has 0 spiro atoms. The number of ether oxygens (including phenoxy) is 1. The van der Waals surface area contributed by atoms with Crippen LogP contribution in [-0.2, 0) is 18.4 Å². The Labute approximate surface area is 140 Å². The van der Waals surface area contributed by atoms with Gasteiger partial charge in [-0.25, -0.2) is 9.47 Å². The van der Waals surface area contributed by atoms with E-state index in [-0.39, 0.29) is 5.69 Å². The molecule has 24 heavy (non-hydrogen) atoms. The largest absolute Gasteiger partial charge is 0.376 e. The number of para-hydroxylation sites is 2. The van der Waals surface area contributed by atoms with Crippen molar-refractivity contribution < 1.29 is 4.74 Å². The van der Waals surface area contributed by atoms with Gasteiger partial charge in [0.15, 0.2) is 0 Å². The van der Waals surface area contributed by atoms with Crippen LogP contribution in [0.25, 0.3) is 11.0 Å². The minimum absolute atomic E-state index is 0.0138. The maximum absolute atomic E-state index is 12.5. The first-order chi connectivity index (χ1) is 11.7. The van der Waals surface area contributed by atoms with Gasteiger partial charge < -0.3 is 9.75 Å². The van der Waals surface area contributed by atoms with E-state index in [9.17, 15) is 4.79 Å². The van der Waals surface area contributed by atoms with Gasteiger partial charge in [-0.05, 0) is 17.7 Å². The van der Waals surface area contributed by atoms with Crippen LogP contribution in [0.2, 0.25) is 0 Å². The van der Waals surface area contributed by atoms with Gasteiger partial charge in [0.2, 0.25) is 0 Å². The van der Waals surface area contributed by atoms with Crippen molar-refractivity contribution in [1.82, 2.24) is 9.24 Å². The molecule has 4 rings (SSSR count). The molecule has 0 amide bonds. The minimum Gasteiger partial charge on any atom is -0.376 e. The van der Waals surface area contributed by atoms with Crippen molar-refractivity contribution in [3.05, 3.63) is 70.6 Å². The Balaban J connectivity index is 1.38. The molecule has 5 heteroatoms. The fraction of sp³-hybridized carbons (Fsp3) is 0.316. The van der Waals surface area contributed by atoms with Crippen LogP contribution in [0.15, 0.2) is 59.4 Å². The first-order valence-corrected chi connectivity index (χ1v) is 8.27. The van der Waals surface area contributed by atoms with Crippen LogP contribution in [-0.4, -0.2) is 28.9 Å². The van der Waals surface area contributed by atoms with Crippen LogP contribution >= 0.6 is 0 Å². The van der Waals surface area contributed by atoms with Gasteiger partial charge in [0.25, 0.3) is 0 Å². The number of hydrogen-bond donors (Lipinski definition) is 0. The maximum Gasteiger partial charge on any atom is 0.347 e. The van der Waals surface area contributed by atoms with Gasteiger partial charge in [-0.3, -0.25) is 4.57 Å². The second-order valence-electron chi connectivity index (χ2n) is 6.38. The topological polar surface area (TPSA) is 39.4 Å². The lowest BCUT2D eigenvalue weighted by molar-refractivity contribution is 0.0706. The molecule has 0 aliphatic carbocycles. The van der Waals surface area contributed by atoms with Gasteiger partial charge in [0.1, 0.15) is 0 Å². The zero-order valence-electron chi connectivity index (χ0n) is 13.8. The molecular formula is C19H21N3O2. The molecule has 3 aromatic rings. The number of benzene rings is 2. The number of nitrogens with zero attached hydrogens (tertiary/aromatic N) is 3. The Morgan fingerprint density at radius 2 is 1.67 bits per heavy atom. The van der Waals surface area contributed by atoms with Crippen LogP contribution in [0, 0.1) is 5.92 Å². The number of fused-ring (bicyclic) bond motifs is 1. The molecule has 0 saturated carbocycles. The maximum atomic E-state index is 12.5. The molecule has 1 aromatic heterocycles. The highest BCUT2D eigenvalue weighted by molar-refractivity contribution is 5.76. The first-order valence-electron chi connectivity index (χ1n) is 8.27. The van der Waals surface area contributed by atoms with E-state index in [0.717, 1.165) is 30.7 Å². The fourth-order valence-corrected chi connectivity index (χ4v) is 3.28. The molecule has 0 bridgehead atoms. The number of imidazole rings is 1. The van der Waals surface area contributed by atoms with Gasteiger partial charge in [-0.1, -0.05) is 42.5 Å². The molecule has 1 aliphatic rings. The van der Waals surface area contributed by atoms with E-state index in [2.05, 4.69) is 17.1 Å². The highest BCUT2D eigenvalue weighted by Crippen LogP contribution is 2.19. The van der Waals surface area contributed by atoms with Crippen molar-refractivity contribution in [2.75, 3.05) is 24.7 Å². The Morgan fingerprint density at radius 3 is 2.42 bits per heavy atom. The molecule has 1 saturated heterocycles. The molecule has 1 aliphatic heterocycles. The quantitative estimate of drug-likeness (QED) is 0.722. The van der Waals surface area contributed by atoms with Crippen molar-refractivity contribution in [2.24, 2.45) is 13.0 Å². The summed E-state index contributed by atoms with van der Waals surface area (Å²) in [5, 5.41) is 2.10. The van der Waals surface area contributed by atoms with E-state index in [1.54, 1.807) is 9.24 Å². The fourth-order valence-electron chi connectivity index (χ4n) is 3.28. The summed E-state index contributed by atoms with van der Waals surface area (Å²) < 4.78 is 9.31. The Hall–Kier alpha value is -2.53. The summed E-state index contributed by atoms with van der Waals surface area (Å²) in [5.41, 5.74) is 3.14. The molecule has 0 radical (unpaired) electrons. The predicted octanol–water partition coefficient (Wildman–Crippen LogP) is 2.12. The summed E-state index contributed by atoms with van der Waals surface area (Å²) in [6, 6.07) is 18.1. The molecule has 2 aromatic carbocycles. The van der Waals surface area contributed by atoms with E-state index >= 15 is 0 Å². The third kappa shape index (κ3) is 2.61. The van der Waals surface area contributed by atoms with Crippen molar-refractivity contribution in [3.63, 3.8) is 0 Å². The van der Waals surface area contributed by atoms with Crippen LogP contribution < -0.4 is 10.7 Å². The van der Waals surface area contributed by atoms with Crippen LogP contribution in [0.5, 0.6) is 0 Å². The van der Waals surface area contributed by atoms with E-state index in [4.69, 9.17) is 4.74 Å². The highest BCUT2D eigenvalue weighted by Gasteiger charge is 2.30. The van der Waals surface area contributed by atoms with Crippen molar-refractivity contribution >= 4 is 11.0 Å². The lowest BCUT2D eigenvalue weighted by Crippen LogP contribution is -2.57. The molecule has 0 unspecified atom stereocenters. The standard InChI is InChI=1S/C19H21N3O2/c1-20-17-9-5-6-10-18(17)22(19(20)23)21-11-16(12-21)14-24-13-15-7-3-2-4-8-15/h2-10,16H,11-14H2,1H3. The van der Waals surface area contributed by atoms with Gasteiger partial charge in [0.05, 0.1) is 24.2 Å². The summed E-state index contributed by atoms with van der Waals surface area (Å²) in [6.45, 7) is 3.07. The van der Waals surface area contributed by atoms with Crippen molar-refractivity contribution in [3.8, 4) is 0 Å². The SMILES string of the molecule is Cn1c(=O)n(N2CC(COCc3ccccc3)C2)c2ccccc21. The Bertz CT molecular complexity index is 892. The number of aromatic nitrogens is 2. The molecule has 0 atom stereocenters. The molecule has 2 heterocycles. The van der Waals surface area contributed by atoms with Gasteiger partial charge in [-0.2, -0.15) is 0 Å². The number of rotatable bonds is 5. The lowest BCUT2D eigenvalue weighted by Gasteiger charge is -2.40. The van der Waals surface area contributed by atoms with E-state index in [0.29, 0.717) is 12.5 Å². The summed E-state index contributed by atoms with van der Waals surface area (Å²) in [6.07, 6.45) is 0. The van der Waals surface area contributed by atoms with Crippen LogP contribution in [0.3, 0.4) is 0 Å². The Kier molecular flexibility index (Phi) is 3.86. The predicted molar refractivity (Wildman–Crippen MR) is 94.7 cm³/mol. The zero-order chi connectivity index (χ0) is 16.5. The molecule has 124 valence electrons. The zero-order valence-corrected chi connectivity index (χ0v) is 13.8. The second kappa shape index (κ2) is 6.17. The third-order valence-electron chi connectivity index (χ3n) is 4.63. The van der Waals surface area contributed by atoms with Gasteiger partial charge in [-0.15, -0.1) is 0 Å². The third-order valence-corrected chi connectivity index (χ3v) is 4.63. The lowest BCUT2D eigenvalue weighted by atomic mass is 10.0. The number of aryl methyl sites for hydroxylation is 1. The summed E-state index contributed by atoms with van der Waals surface area (Å²) in [7, 11) is 1.82. The van der Waals surface area contributed by atoms with Crippen LogP contribution in [0.1, 0.15) is 5.56 Å². The minimum atomic E-state index is 0.0138. The first kappa shape index (κ1) is 15.0. The Morgan fingerprint density at radius 1 is 1.00 bits per heavy atom. The van der Waals surface area contributed by atoms with Gasteiger partial charge >= 0.3 is 5.69 Å². The molecular weight excluding hydrogens is 302 g/mol. The summed E-state index contributed by atoms with van der Waals surface area (Å²) in [4.78, 5) is 12.5. The normalized spacial score (nSPS) is 15.0. The van der Waals surface area contributed by atoms with Crippen molar-refractivity contribution in [2.45, 2.75) is 6.61 Å². The summed E-state index contributed by atoms with van der Waals surface area (Å²) in [5.74, 6) is 0.472. The molecule has 1 fully saturated rings. The second-order valence-corrected chi connectivity index (χ2v) is 6.38. The number of hydrogen-bond acceptors (Lipinski definition) is 3. The van der Waals surface area contributed by atoms with Crippen molar-refractivity contribution in [1.29, 1.82) is 0 Å². The van der Waals surface area contributed by atoms with Crippen LogP contribution in [0.4, 0.5) is 0 Å². The molecule has 0 N–H and O–H groups in total. The van der Waals surface area contributed by atoms with E-state index in [1.165, 1.54) is 5.56 Å². The highest BCUT2D eigenvalue weighted by atomic mass is 16.5. The average Bonchev–Trinajstić information content (AvgIpc) is 2.83. The summed E-state index contributed by atoms with van der Waals surface area (Å²) >= 11 is 0. The smallest absolute Gasteiger partial charge is 0.347 e.